The van der Waals surface area contributed by atoms with E-state index in [1.54, 1.807) is 0 Å². The van der Waals surface area contributed by atoms with Gasteiger partial charge < -0.3 is 4.74 Å². The van der Waals surface area contributed by atoms with Crippen molar-refractivity contribution in [2.75, 3.05) is 6.61 Å². The summed E-state index contributed by atoms with van der Waals surface area (Å²) >= 11 is 0. The Morgan fingerprint density at radius 1 is 1.13 bits per heavy atom. The van der Waals surface area contributed by atoms with Crippen LogP contribution >= 0.6 is 0 Å². The third-order valence-corrected chi connectivity index (χ3v) is 4.03. The molecule has 1 unspecified atom stereocenters. The first-order valence-electron chi connectivity index (χ1n) is 8.86. The Labute approximate surface area is 141 Å². The van der Waals surface area contributed by atoms with E-state index < -0.39 is 0 Å². The molecule has 1 heteroatoms. The van der Waals surface area contributed by atoms with Crippen LogP contribution in [0.4, 0.5) is 0 Å². The molecule has 1 aromatic rings. The van der Waals surface area contributed by atoms with E-state index in [4.69, 9.17) is 4.74 Å². The SMILES string of the molecule is CCCc1ccccc1CCCCOC1=C/CC#CC(C)/C=C\1. The highest BCUT2D eigenvalue weighted by molar-refractivity contribution is 5.27. The highest BCUT2D eigenvalue weighted by Gasteiger charge is 2.02. The molecule has 1 aliphatic carbocycles. The van der Waals surface area contributed by atoms with Crippen LogP contribution in [0.2, 0.25) is 0 Å². The van der Waals surface area contributed by atoms with E-state index in [0.717, 1.165) is 31.6 Å². The zero-order valence-corrected chi connectivity index (χ0v) is 14.5. The van der Waals surface area contributed by atoms with Crippen LogP contribution in [0.3, 0.4) is 0 Å². The van der Waals surface area contributed by atoms with Gasteiger partial charge in [0, 0.05) is 12.3 Å². The molecule has 0 saturated heterocycles. The average molecular weight is 308 g/mol. The number of ether oxygens (including phenoxy) is 1. The predicted molar refractivity (Wildman–Crippen MR) is 98.1 cm³/mol. The van der Waals surface area contributed by atoms with Gasteiger partial charge in [0.25, 0.3) is 0 Å². The summed E-state index contributed by atoms with van der Waals surface area (Å²) in [7, 11) is 0. The molecule has 0 amide bonds. The first-order chi connectivity index (χ1) is 11.3. The number of allylic oxidation sites excluding steroid dienone is 3. The molecule has 0 aliphatic heterocycles. The lowest BCUT2D eigenvalue weighted by Gasteiger charge is -2.10. The minimum atomic E-state index is 0.317. The first kappa shape index (κ1) is 17.4. The van der Waals surface area contributed by atoms with Crippen molar-refractivity contribution < 1.29 is 4.74 Å². The summed E-state index contributed by atoms with van der Waals surface area (Å²) < 4.78 is 5.89. The van der Waals surface area contributed by atoms with Crippen molar-refractivity contribution in [2.45, 2.75) is 52.4 Å². The largest absolute Gasteiger partial charge is 0.494 e. The molecular formula is C22H28O. The number of rotatable bonds is 8. The smallest absolute Gasteiger partial charge is 0.115 e. The van der Waals surface area contributed by atoms with E-state index in [1.807, 2.05) is 0 Å². The van der Waals surface area contributed by atoms with E-state index in [-0.39, 0.29) is 0 Å². The van der Waals surface area contributed by atoms with Gasteiger partial charge in [-0.25, -0.2) is 0 Å². The fraction of sp³-hybridized carbons (Fsp3) is 0.455. The quantitative estimate of drug-likeness (QED) is 0.457. The molecule has 0 fully saturated rings. The van der Waals surface area contributed by atoms with Crippen molar-refractivity contribution in [1.29, 1.82) is 0 Å². The van der Waals surface area contributed by atoms with Crippen LogP contribution in [0.15, 0.2) is 48.3 Å². The van der Waals surface area contributed by atoms with Crippen LogP contribution in [-0.4, -0.2) is 6.61 Å². The Kier molecular flexibility index (Phi) is 7.54. The highest BCUT2D eigenvalue weighted by Crippen LogP contribution is 2.15. The maximum atomic E-state index is 5.89. The van der Waals surface area contributed by atoms with Gasteiger partial charge in [0.2, 0.25) is 0 Å². The van der Waals surface area contributed by atoms with Crippen molar-refractivity contribution in [3.8, 4) is 11.8 Å². The normalized spacial score (nSPS) is 20.4. The molecule has 0 heterocycles. The highest BCUT2D eigenvalue weighted by atomic mass is 16.5. The molecule has 0 bridgehead atoms. The van der Waals surface area contributed by atoms with Gasteiger partial charge in [0.15, 0.2) is 0 Å². The van der Waals surface area contributed by atoms with Crippen molar-refractivity contribution in [3.63, 3.8) is 0 Å². The maximum absolute atomic E-state index is 5.89. The van der Waals surface area contributed by atoms with E-state index in [0.29, 0.717) is 5.92 Å². The lowest BCUT2D eigenvalue weighted by Crippen LogP contribution is -1.98. The first-order valence-corrected chi connectivity index (χ1v) is 8.86. The van der Waals surface area contributed by atoms with Gasteiger partial charge in [-0.05, 0) is 55.9 Å². The van der Waals surface area contributed by atoms with Crippen molar-refractivity contribution >= 4 is 0 Å². The van der Waals surface area contributed by atoms with Crippen LogP contribution in [-0.2, 0) is 17.6 Å². The Balaban J connectivity index is 1.72. The Bertz CT molecular complexity index is 598. The number of hydrogen-bond donors (Lipinski definition) is 0. The standard InChI is InChI=1S/C22H28O/c1-3-10-20-12-5-6-13-21(20)14-8-9-18-23-22-15-7-4-11-19(2)16-17-22/h5-6,12-13,15-17,19H,3,7-10,14,18H2,1-2H3/b17-16-,22-15+. The summed E-state index contributed by atoms with van der Waals surface area (Å²) in [5.74, 6) is 7.62. The molecule has 2 rings (SSSR count). The van der Waals surface area contributed by atoms with Gasteiger partial charge in [-0.1, -0.05) is 55.5 Å². The van der Waals surface area contributed by atoms with E-state index in [2.05, 4.69) is 68.2 Å². The van der Waals surface area contributed by atoms with Crippen molar-refractivity contribution in [2.24, 2.45) is 5.92 Å². The summed E-state index contributed by atoms with van der Waals surface area (Å²) in [6.07, 6.45) is 12.8. The van der Waals surface area contributed by atoms with Crippen molar-refractivity contribution in [3.05, 3.63) is 59.4 Å². The number of unbranched alkanes of at least 4 members (excludes halogenated alkanes) is 1. The maximum Gasteiger partial charge on any atom is 0.115 e. The van der Waals surface area contributed by atoms with Gasteiger partial charge >= 0.3 is 0 Å². The molecule has 0 aromatic heterocycles. The lowest BCUT2D eigenvalue weighted by atomic mass is 9.99. The summed E-state index contributed by atoms with van der Waals surface area (Å²) in [5, 5.41) is 0. The van der Waals surface area contributed by atoms with Crippen molar-refractivity contribution in [1.82, 2.24) is 0 Å². The third kappa shape index (κ3) is 6.37. The van der Waals surface area contributed by atoms with E-state index in [9.17, 15) is 0 Å². The molecule has 0 spiro atoms. The Hall–Kier alpha value is -1.94. The molecular weight excluding hydrogens is 280 g/mol. The van der Waals surface area contributed by atoms with Crippen LogP contribution in [0.5, 0.6) is 0 Å². The lowest BCUT2D eigenvalue weighted by molar-refractivity contribution is 0.217. The molecule has 0 saturated carbocycles. The Morgan fingerprint density at radius 3 is 2.70 bits per heavy atom. The van der Waals surface area contributed by atoms with Crippen LogP contribution in [0.1, 0.15) is 50.7 Å². The zero-order valence-electron chi connectivity index (χ0n) is 14.5. The van der Waals surface area contributed by atoms with Gasteiger partial charge in [-0.2, -0.15) is 0 Å². The summed E-state index contributed by atoms with van der Waals surface area (Å²) in [6.45, 7) is 5.14. The fourth-order valence-electron chi connectivity index (χ4n) is 2.76. The minimum Gasteiger partial charge on any atom is -0.494 e. The second-order valence-corrected chi connectivity index (χ2v) is 6.10. The number of aryl methyl sites for hydroxylation is 2. The molecule has 1 aromatic carbocycles. The summed E-state index contributed by atoms with van der Waals surface area (Å²) in [5.41, 5.74) is 3.01. The van der Waals surface area contributed by atoms with E-state index >= 15 is 0 Å². The zero-order chi connectivity index (χ0) is 16.3. The van der Waals surface area contributed by atoms with E-state index in [1.165, 1.54) is 30.4 Å². The number of benzene rings is 1. The summed E-state index contributed by atoms with van der Waals surface area (Å²) in [4.78, 5) is 0. The second-order valence-electron chi connectivity index (χ2n) is 6.10. The van der Waals surface area contributed by atoms with Crippen LogP contribution in [0, 0.1) is 17.8 Å². The molecule has 1 nitrogen and oxygen atoms in total. The van der Waals surface area contributed by atoms with Gasteiger partial charge in [0.05, 0.1) is 6.61 Å². The van der Waals surface area contributed by atoms with Gasteiger partial charge in [-0.15, -0.1) is 0 Å². The molecule has 0 N–H and O–H groups in total. The second kappa shape index (κ2) is 9.95. The van der Waals surface area contributed by atoms with Crippen LogP contribution in [0.25, 0.3) is 0 Å². The fourth-order valence-corrected chi connectivity index (χ4v) is 2.76. The third-order valence-electron chi connectivity index (χ3n) is 4.03. The van der Waals surface area contributed by atoms with Gasteiger partial charge in [0.1, 0.15) is 5.76 Å². The molecule has 1 aliphatic rings. The summed E-state index contributed by atoms with van der Waals surface area (Å²) in [6, 6.07) is 8.83. The average Bonchev–Trinajstić information content (AvgIpc) is 2.55. The Morgan fingerprint density at radius 2 is 1.91 bits per heavy atom. The number of hydrogen-bond acceptors (Lipinski definition) is 1. The van der Waals surface area contributed by atoms with Gasteiger partial charge in [-0.3, -0.25) is 0 Å². The van der Waals surface area contributed by atoms with Crippen LogP contribution < -0.4 is 0 Å². The topological polar surface area (TPSA) is 9.23 Å². The molecule has 23 heavy (non-hydrogen) atoms. The predicted octanol–water partition coefficient (Wildman–Crippen LogP) is 5.46. The minimum absolute atomic E-state index is 0.317. The molecule has 1 atom stereocenters. The molecule has 122 valence electrons. The monoisotopic (exact) mass is 308 g/mol. The molecule has 0 radical (unpaired) electrons.